The number of carbonyl (C=O) groups is 2. The first-order valence-electron chi connectivity index (χ1n) is 10.0. The predicted molar refractivity (Wildman–Crippen MR) is 123 cm³/mol. The molecule has 0 aromatic heterocycles. The van der Waals surface area contributed by atoms with E-state index in [1.54, 1.807) is 50.3 Å². The second-order valence-corrected chi connectivity index (χ2v) is 7.86. The number of halogens is 2. The van der Waals surface area contributed by atoms with Gasteiger partial charge in [0.25, 0.3) is 0 Å². The van der Waals surface area contributed by atoms with Gasteiger partial charge in [0.1, 0.15) is 6.04 Å². The Morgan fingerprint density at radius 1 is 1.06 bits per heavy atom. The van der Waals surface area contributed by atoms with Crippen LogP contribution in [0.25, 0.3) is 0 Å². The Balaban J connectivity index is 2.20. The largest absolute Gasteiger partial charge is 0.493 e. The number of carbonyl (C=O) groups excluding carboxylic acids is 2. The van der Waals surface area contributed by atoms with Crippen LogP contribution in [0.15, 0.2) is 36.4 Å². The van der Waals surface area contributed by atoms with Crippen LogP contribution in [0.3, 0.4) is 0 Å². The summed E-state index contributed by atoms with van der Waals surface area (Å²) in [4.78, 5) is 27.1. The molecule has 8 heteroatoms. The Kier molecular flexibility index (Phi) is 9.46. The lowest BCUT2D eigenvalue weighted by molar-refractivity contribution is -0.140. The minimum Gasteiger partial charge on any atom is -0.493 e. The summed E-state index contributed by atoms with van der Waals surface area (Å²) in [5.74, 6) is 0.862. The Bertz CT molecular complexity index is 920. The van der Waals surface area contributed by atoms with Crippen molar-refractivity contribution in [1.29, 1.82) is 0 Å². The standard InChI is InChI=1S/C23H28Cl2N2O4/c1-5-26-23(29)15(2)27(14-17-8-9-18(24)13-19(17)25)22(28)11-7-16-6-10-20(30-3)21(12-16)31-4/h6,8-10,12-13,15H,5,7,11,14H2,1-4H3,(H,26,29)/t15-/m0/s1. The average Bonchev–Trinajstić information content (AvgIpc) is 2.76. The maximum Gasteiger partial charge on any atom is 0.242 e. The molecule has 0 fully saturated rings. The van der Waals surface area contributed by atoms with Gasteiger partial charge in [0.2, 0.25) is 11.8 Å². The van der Waals surface area contributed by atoms with E-state index >= 15 is 0 Å². The minimum atomic E-state index is -0.649. The third kappa shape index (κ3) is 6.77. The maximum absolute atomic E-state index is 13.1. The Labute approximate surface area is 193 Å². The first-order chi connectivity index (χ1) is 14.8. The van der Waals surface area contributed by atoms with Crippen LogP contribution in [0.1, 0.15) is 31.4 Å². The number of hydrogen-bond donors (Lipinski definition) is 1. The van der Waals surface area contributed by atoms with Gasteiger partial charge in [0, 0.05) is 29.6 Å². The molecule has 0 radical (unpaired) electrons. The zero-order chi connectivity index (χ0) is 23.0. The third-order valence-corrected chi connectivity index (χ3v) is 5.54. The highest BCUT2D eigenvalue weighted by Gasteiger charge is 2.26. The molecule has 0 heterocycles. The molecule has 31 heavy (non-hydrogen) atoms. The van der Waals surface area contributed by atoms with Crippen molar-refractivity contribution in [2.75, 3.05) is 20.8 Å². The van der Waals surface area contributed by atoms with Gasteiger partial charge in [-0.05, 0) is 55.7 Å². The van der Waals surface area contributed by atoms with Crippen LogP contribution in [-0.2, 0) is 22.6 Å². The van der Waals surface area contributed by atoms with E-state index in [1.807, 2.05) is 19.1 Å². The minimum absolute atomic E-state index is 0.153. The Morgan fingerprint density at radius 2 is 1.77 bits per heavy atom. The molecule has 0 bridgehead atoms. The molecule has 0 saturated carbocycles. The molecule has 0 saturated heterocycles. The molecule has 2 aromatic carbocycles. The number of benzene rings is 2. The highest BCUT2D eigenvalue weighted by Crippen LogP contribution is 2.28. The molecule has 0 unspecified atom stereocenters. The lowest BCUT2D eigenvalue weighted by atomic mass is 10.1. The number of aryl methyl sites for hydroxylation is 1. The van der Waals surface area contributed by atoms with E-state index in [0.717, 1.165) is 11.1 Å². The van der Waals surface area contributed by atoms with Crippen molar-refractivity contribution in [3.05, 3.63) is 57.6 Å². The normalized spacial score (nSPS) is 11.5. The SMILES string of the molecule is CCNC(=O)[C@H](C)N(Cc1ccc(Cl)cc1Cl)C(=O)CCc1ccc(OC)c(OC)c1. The van der Waals surface area contributed by atoms with E-state index in [0.29, 0.717) is 34.5 Å². The van der Waals surface area contributed by atoms with Gasteiger partial charge in [-0.25, -0.2) is 0 Å². The first-order valence-corrected chi connectivity index (χ1v) is 10.8. The van der Waals surface area contributed by atoms with E-state index in [4.69, 9.17) is 32.7 Å². The summed E-state index contributed by atoms with van der Waals surface area (Å²) in [5, 5.41) is 3.74. The highest BCUT2D eigenvalue weighted by atomic mass is 35.5. The van der Waals surface area contributed by atoms with Crippen molar-refractivity contribution in [2.24, 2.45) is 0 Å². The molecule has 0 spiro atoms. The maximum atomic E-state index is 13.1. The van der Waals surface area contributed by atoms with Crippen LogP contribution >= 0.6 is 23.2 Å². The molecular weight excluding hydrogens is 439 g/mol. The summed E-state index contributed by atoms with van der Waals surface area (Å²) in [7, 11) is 3.14. The zero-order valence-electron chi connectivity index (χ0n) is 18.2. The summed E-state index contributed by atoms with van der Waals surface area (Å²) >= 11 is 12.3. The quantitative estimate of drug-likeness (QED) is 0.559. The number of likely N-dealkylation sites (N-methyl/N-ethyl adjacent to an activating group) is 1. The third-order valence-electron chi connectivity index (χ3n) is 4.95. The predicted octanol–water partition coefficient (Wildman–Crippen LogP) is 4.50. The molecule has 2 amide bonds. The fourth-order valence-corrected chi connectivity index (χ4v) is 3.64. The van der Waals surface area contributed by atoms with E-state index in [1.165, 1.54) is 0 Å². The lowest BCUT2D eigenvalue weighted by Crippen LogP contribution is -2.47. The monoisotopic (exact) mass is 466 g/mol. The molecule has 6 nitrogen and oxygen atoms in total. The van der Waals surface area contributed by atoms with Gasteiger partial charge in [-0.2, -0.15) is 0 Å². The van der Waals surface area contributed by atoms with Crippen molar-refractivity contribution in [3.8, 4) is 11.5 Å². The van der Waals surface area contributed by atoms with E-state index in [9.17, 15) is 9.59 Å². The molecular formula is C23H28Cl2N2O4. The molecule has 1 N–H and O–H groups in total. The van der Waals surface area contributed by atoms with Crippen LogP contribution in [0, 0.1) is 0 Å². The second kappa shape index (κ2) is 11.8. The lowest BCUT2D eigenvalue weighted by Gasteiger charge is -2.29. The summed E-state index contributed by atoms with van der Waals surface area (Å²) in [6.07, 6.45) is 0.719. The highest BCUT2D eigenvalue weighted by molar-refractivity contribution is 6.35. The summed E-state index contributed by atoms with van der Waals surface area (Å²) in [6.45, 7) is 4.24. The van der Waals surface area contributed by atoms with E-state index < -0.39 is 6.04 Å². The topological polar surface area (TPSA) is 67.9 Å². The van der Waals surface area contributed by atoms with Gasteiger partial charge < -0.3 is 19.7 Å². The van der Waals surface area contributed by atoms with E-state index in [-0.39, 0.29) is 24.8 Å². The molecule has 1 atom stereocenters. The summed E-state index contributed by atoms with van der Waals surface area (Å²) in [6, 6.07) is 10.0. The van der Waals surface area contributed by atoms with Crippen LogP contribution in [0.2, 0.25) is 10.0 Å². The fraction of sp³-hybridized carbons (Fsp3) is 0.391. The van der Waals surface area contributed by atoms with Crippen LogP contribution in [0.5, 0.6) is 11.5 Å². The number of rotatable bonds is 10. The fourth-order valence-electron chi connectivity index (χ4n) is 3.17. The number of nitrogens with one attached hydrogen (secondary N) is 1. The van der Waals surface area contributed by atoms with E-state index in [2.05, 4.69) is 5.32 Å². The molecule has 0 aliphatic carbocycles. The number of nitrogens with zero attached hydrogens (tertiary/aromatic N) is 1. The number of ether oxygens (including phenoxy) is 2. The van der Waals surface area contributed by atoms with Gasteiger partial charge in [0.05, 0.1) is 14.2 Å². The van der Waals surface area contributed by atoms with Crippen molar-refractivity contribution >= 4 is 35.0 Å². The van der Waals surface area contributed by atoms with Gasteiger partial charge in [-0.1, -0.05) is 35.3 Å². The summed E-state index contributed by atoms with van der Waals surface area (Å²) < 4.78 is 10.6. The van der Waals surface area contributed by atoms with Crippen molar-refractivity contribution in [1.82, 2.24) is 10.2 Å². The Hall–Kier alpha value is -2.44. The van der Waals surface area contributed by atoms with Crippen molar-refractivity contribution in [3.63, 3.8) is 0 Å². The van der Waals surface area contributed by atoms with Crippen LogP contribution in [-0.4, -0.2) is 43.5 Å². The molecule has 2 aromatic rings. The first kappa shape index (κ1) is 24.8. The van der Waals surface area contributed by atoms with Crippen molar-refractivity contribution < 1.29 is 19.1 Å². The molecule has 2 rings (SSSR count). The van der Waals surface area contributed by atoms with Gasteiger partial charge in [-0.3, -0.25) is 9.59 Å². The van der Waals surface area contributed by atoms with Gasteiger partial charge >= 0.3 is 0 Å². The smallest absolute Gasteiger partial charge is 0.242 e. The zero-order valence-corrected chi connectivity index (χ0v) is 19.7. The second-order valence-electron chi connectivity index (χ2n) is 7.02. The molecule has 168 valence electrons. The Morgan fingerprint density at radius 3 is 2.39 bits per heavy atom. The molecule has 0 aliphatic rings. The van der Waals surface area contributed by atoms with Gasteiger partial charge in [-0.15, -0.1) is 0 Å². The number of methoxy groups -OCH3 is 2. The van der Waals surface area contributed by atoms with Crippen molar-refractivity contribution in [2.45, 2.75) is 39.3 Å². The van der Waals surface area contributed by atoms with Crippen LogP contribution < -0.4 is 14.8 Å². The number of amides is 2. The molecule has 0 aliphatic heterocycles. The van der Waals surface area contributed by atoms with Crippen LogP contribution in [0.4, 0.5) is 0 Å². The van der Waals surface area contributed by atoms with Gasteiger partial charge in [0.15, 0.2) is 11.5 Å². The average molecular weight is 467 g/mol. The number of hydrogen-bond acceptors (Lipinski definition) is 4. The summed E-state index contributed by atoms with van der Waals surface area (Å²) in [5.41, 5.74) is 1.66.